The lowest BCUT2D eigenvalue weighted by Gasteiger charge is -2.00. The number of nitrogens with zero attached hydrogens (tertiary/aromatic N) is 1. The molecule has 0 spiro atoms. The molecule has 2 aromatic rings. The van der Waals surface area contributed by atoms with Crippen molar-refractivity contribution in [2.75, 3.05) is 6.61 Å². The molecule has 0 aliphatic carbocycles. The van der Waals surface area contributed by atoms with E-state index < -0.39 is 5.63 Å². The molecular weight excluding hydrogens is 351 g/mol. The molecule has 1 aromatic carbocycles. The Morgan fingerprint density at radius 3 is 2.61 bits per heavy atom. The van der Waals surface area contributed by atoms with Gasteiger partial charge in [0.15, 0.2) is 0 Å². The molecule has 1 aromatic heterocycles. The standard InChI is InChI=1S/C11H9IN2O4/c1-2-17-10(15)7-3-5-8(6-4-7)14-9(12)11(16)18-13-14/h3-6H,2H2,1H3/p+1. The Hall–Kier alpha value is -1.64. The largest absolute Gasteiger partial charge is 0.462 e. The summed E-state index contributed by atoms with van der Waals surface area (Å²) in [6, 6.07) is 6.64. The maximum absolute atomic E-state index is 11.5. The van der Waals surface area contributed by atoms with Crippen LogP contribution in [0.4, 0.5) is 0 Å². The Morgan fingerprint density at radius 2 is 2.11 bits per heavy atom. The number of halogens is 1. The summed E-state index contributed by atoms with van der Waals surface area (Å²) in [4.78, 5) is 22.6. The zero-order valence-corrected chi connectivity index (χ0v) is 11.6. The molecule has 18 heavy (non-hydrogen) atoms. The van der Waals surface area contributed by atoms with E-state index in [2.05, 4.69) is 9.79 Å². The summed E-state index contributed by atoms with van der Waals surface area (Å²) in [5.74, 6) is -0.371. The SMILES string of the molecule is CCOC(=O)c1ccc(-[n+]2[nH]oc(=O)c2I)cc1. The minimum Gasteiger partial charge on any atom is -0.462 e. The van der Waals surface area contributed by atoms with Crippen LogP contribution >= 0.6 is 22.6 Å². The number of benzene rings is 1. The lowest BCUT2D eigenvalue weighted by Crippen LogP contribution is -2.37. The first-order valence-electron chi connectivity index (χ1n) is 5.20. The van der Waals surface area contributed by atoms with Gasteiger partial charge in [0.05, 0.1) is 12.2 Å². The fourth-order valence-electron chi connectivity index (χ4n) is 1.39. The molecule has 7 heteroatoms. The number of carbonyl (C=O) groups excluding carboxylic acids is 1. The highest BCUT2D eigenvalue weighted by Gasteiger charge is 2.20. The Kier molecular flexibility index (Phi) is 3.80. The summed E-state index contributed by atoms with van der Waals surface area (Å²) in [6.07, 6.45) is 0. The van der Waals surface area contributed by atoms with Crippen LogP contribution < -0.4 is 10.3 Å². The number of ether oxygens (including phenoxy) is 1. The average molecular weight is 361 g/mol. The number of aromatic nitrogens is 2. The molecule has 0 aliphatic rings. The van der Waals surface area contributed by atoms with Gasteiger partial charge in [-0.05, 0) is 29.0 Å². The molecule has 0 radical (unpaired) electrons. The summed E-state index contributed by atoms with van der Waals surface area (Å²) in [5, 5.41) is 2.47. The highest BCUT2D eigenvalue weighted by molar-refractivity contribution is 14.1. The number of hydrogen-bond donors (Lipinski definition) is 1. The van der Waals surface area contributed by atoms with Gasteiger partial charge in [-0.2, -0.15) is 0 Å². The monoisotopic (exact) mass is 361 g/mol. The fourth-order valence-corrected chi connectivity index (χ4v) is 1.87. The van der Waals surface area contributed by atoms with Crippen molar-refractivity contribution in [3.05, 3.63) is 43.9 Å². The molecule has 94 valence electrons. The smallest absolute Gasteiger partial charge is 0.441 e. The summed E-state index contributed by atoms with van der Waals surface area (Å²) >= 11 is 1.87. The second-order valence-corrected chi connectivity index (χ2v) is 4.40. The van der Waals surface area contributed by atoms with Gasteiger partial charge in [0, 0.05) is 34.7 Å². The van der Waals surface area contributed by atoms with Gasteiger partial charge in [-0.1, -0.05) is 0 Å². The second-order valence-electron chi connectivity index (χ2n) is 3.37. The Bertz CT molecular complexity index is 615. The van der Waals surface area contributed by atoms with E-state index in [4.69, 9.17) is 4.74 Å². The van der Waals surface area contributed by atoms with Gasteiger partial charge in [-0.15, -0.1) is 0 Å². The van der Waals surface area contributed by atoms with Crippen LogP contribution in [0.1, 0.15) is 17.3 Å². The molecule has 0 bridgehead atoms. The molecule has 0 saturated heterocycles. The quantitative estimate of drug-likeness (QED) is 0.503. The maximum Gasteiger partial charge on any atom is 0.441 e. The molecule has 0 amide bonds. The van der Waals surface area contributed by atoms with Crippen LogP contribution in [0.15, 0.2) is 33.6 Å². The van der Waals surface area contributed by atoms with Crippen LogP contribution in [0.25, 0.3) is 5.69 Å². The fraction of sp³-hybridized carbons (Fsp3) is 0.182. The molecule has 0 aliphatic heterocycles. The van der Waals surface area contributed by atoms with Gasteiger partial charge < -0.3 is 4.74 Å². The van der Waals surface area contributed by atoms with Crippen LogP contribution in [0.3, 0.4) is 0 Å². The van der Waals surface area contributed by atoms with Gasteiger partial charge in [0.2, 0.25) is 5.69 Å². The number of esters is 1. The zero-order valence-electron chi connectivity index (χ0n) is 9.47. The Morgan fingerprint density at radius 1 is 1.44 bits per heavy atom. The molecule has 0 saturated carbocycles. The summed E-state index contributed by atoms with van der Waals surface area (Å²) in [7, 11) is 0. The highest BCUT2D eigenvalue weighted by Crippen LogP contribution is 2.06. The van der Waals surface area contributed by atoms with E-state index in [1.54, 1.807) is 31.2 Å². The highest BCUT2D eigenvalue weighted by atomic mass is 127. The van der Waals surface area contributed by atoms with E-state index in [-0.39, 0.29) is 5.97 Å². The number of H-pyrrole nitrogens is 1. The van der Waals surface area contributed by atoms with Gasteiger partial charge >= 0.3 is 15.3 Å². The molecule has 2 rings (SSSR count). The van der Waals surface area contributed by atoms with Crippen molar-refractivity contribution >= 4 is 28.6 Å². The third-order valence-corrected chi connectivity index (χ3v) is 3.15. The van der Waals surface area contributed by atoms with Gasteiger partial charge in [0.25, 0.3) is 0 Å². The number of rotatable bonds is 3. The molecule has 0 fully saturated rings. The minimum atomic E-state index is -0.440. The van der Waals surface area contributed by atoms with Crippen LogP contribution in [0.2, 0.25) is 0 Å². The van der Waals surface area contributed by atoms with E-state index in [9.17, 15) is 9.59 Å². The van der Waals surface area contributed by atoms with Gasteiger partial charge in [-0.3, -0.25) is 4.52 Å². The molecular formula is C11H10IN2O4+. The van der Waals surface area contributed by atoms with Crippen molar-refractivity contribution in [1.82, 2.24) is 5.27 Å². The minimum absolute atomic E-state index is 0.336. The first kappa shape index (κ1) is 12.8. The van der Waals surface area contributed by atoms with E-state index in [0.717, 1.165) is 0 Å². The Balaban J connectivity index is 2.30. The van der Waals surface area contributed by atoms with E-state index in [1.165, 1.54) is 4.68 Å². The number of aromatic amines is 1. The van der Waals surface area contributed by atoms with Gasteiger partial charge in [-0.25, -0.2) is 9.59 Å². The normalized spacial score (nSPS) is 10.3. The third kappa shape index (κ3) is 2.45. The lowest BCUT2D eigenvalue weighted by molar-refractivity contribution is -0.682. The predicted octanol–water partition coefficient (Wildman–Crippen LogP) is 1.03. The molecule has 0 unspecified atom stereocenters. The van der Waals surface area contributed by atoms with Crippen molar-refractivity contribution in [3.63, 3.8) is 0 Å². The number of nitrogens with one attached hydrogen (secondary N) is 1. The first-order valence-corrected chi connectivity index (χ1v) is 6.28. The van der Waals surface area contributed by atoms with E-state index >= 15 is 0 Å². The zero-order chi connectivity index (χ0) is 13.1. The van der Waals surface area contributed by atoms with E-state index in [0.29, 0.717) is 21.6 Å². The van der Waals surface area contributed by atoms with Crippen molar-refractivity contribution in [2.45, 2.75) is 6.92 Å². The summed E-state index contributed by atoms with van der Waals surface area (Å²) < 4.78 is 11.4. The third-order valence-electron chi connectivity index (χ3n) is 2.23. The number of hydrogen-bond acceptors (Lipinski definition) is 4. The topological polar surface area (TPSA) is 76.2 Å². The maximum atomic E-state index is 11.5. The summed E-state index contributed by atoms with van der Waals surface area (Å²) in [6.45, 7) is 2.09. The van der Waals surface area contributed by atoms with Crippen molar-refractivity contribution in [2.24, 2.45) is 0 Å². The molecule has 6 nitrogen and oxygen atoms in total. The second kappa shape index (κ2) is 5.34. The average Bonchev–Trinajstić information content (AvgIpc) is 2.71. The lowest BCUT2D eigenvalue weighted by atomic mass is 10.2. The van der Waals surface area contributed by atoms with Crippen molar-refractivity contribution in [1.29, 1.82) is 0 Å². The predicted molar refractivity (Wildman–Crippen MR) is 69.5 cm³/mol. The summed E-state index contributed by atoms with van der Waals surface area (Å²) in [5.41, 5.74) is 0.713. The van der Waals surface area contributed by atoms with E-state index in [1.807, 2.05) is 22.6 Å². The van der Waals surface area contributed by atoms with Crippen LogP contribution in [0, 0.1) is 3.70 Å². The molecule has 0 atom stereocenters. The molecule has 1 N–H and O–H groups in total. The van der Waals surface area contributed by atoms with Crippen LogP contribution in [-0.4, -0.2) is 17.8 Å². The van der Waals surface area contributed by atoms with Crippen molar-refractivity contribution in [3.8, 4) is 5.69 Å². The first-order chi connectivity index (χ1) is 8.63. The van der Waals surface area contributed by atoms with Crippen LogP contribution in [-0.2, 0) is 4.74 Å². The van der Waals surface area contributed by atoms with Crippen LogP contribution in [0.5, 0.6) is 0 Å². The van der Waals surface area contributed by atoms with Crippen molar-refractivity contribution < 1.29 is 18.7 Å². The number of carbonyl (C=O) groups is 1. The van der Waals surface area contributed by atoms with Gasteiger partial charge in [0.1, 0.15) is 0 Å². The Labute approximate surface area is 116 Å². The molecule has 1 heterocycles.